The summed E-state index contributed by atoms with van der Waals surface area (Å²) in [5.74, 6) is -0.839. The Hall–Kier alpha value is -3.56. The highest BCUT2D eigenvalue weighted by atomic mass is 32.2. The predicted molar refractivity (Wildman–Crippen MR) is 132 cm³/mol. The fourth-order valence-electron chi connectivity index (χ4n) is 3.42. The first-order valence-corrected chi connectivity index (χ1v) is 12.7. The van der Waals surface area contributed by atoms with Gasteiger partial charge in [0.1, 0.15) is 5.82 Å². The highest BCUT2D eigenvalue weighted by Crippen LogP contribution is 2.25. The molecule has 0 aliphatic rings. The summed E-state index contributed by atoms with van der Waals surface area (Å²) in [6.45, 7) is 2.03. The van der Waals surface area contributed by atoms with Crippen LogP contribution in [0, 0.1) is 12.7 Å². The van der Waals surface area contributed by atoms with Gasteiger partial charge in [0.2, 0.25) is 0 Å². The predicted octanol–water partition coefficient (Wildman–Crippen LogP) is 5.26. The monoisotopic (exact) mass is 495 g/mol. The summed E-state index contributed by atoms with van der Waals surface area (Å²) in [6, 6.07) is 20.2. The summed E-state index contributed by atoms with van der Waals surface area (Å²) >= 11 is 1.46. The van der Waals surface area contributed by atoms with Gasteiger partial charge in [0, 0.05) is 23.7 Å². The molecule has 6 nitrogen and oxygen atoms in total. The van der Waals surface area contributed by atoms with E-state index < -0.39 is 21.7 Å². The van der Waals surface area contributed by atoms with Gasteiger partial charge in [0.15, 0.2) is 0 Å². The van der Waals surface area contributed by atoms with Crippen LogP contribution >= 0.6 is 11.3 Å². The summed E-state index contributed by atoms with van der Waals surface area (Å²) in [5.41, 5.74) is 1.87. The van der Waals surface area contributed by atoms with Crippen LogP contribution in [0.1, 0.15) is 21.1 Å². The number of anilines is 2. The molecule has 0 fully saturated rings. The number of rotatable bonds is 7. The van der Waals surface area contributed by atoms with Crippen LogP contribution in [0.2, 0.25) is 0 Å². The second-order valence-corrected chi connectivity index (χ2v) is 10.6. The third kappa shape index (κ3) is 5.00. The zero-order valence-corrected chi connectivity index (χ0v) is 20.2. The van der Waals surface area contributed by atoms with Crippen molar-refractivity contribution in [1.82, 2.24) is 4.98 Å². The molecule has 1 heterocycles. The minimum absolute atomic E-state index is 0.00624. The number of hydrogen-bond acceptors (Lipinski definition) is 5. The molecule has 0 bridgehead atoms. The van der Waals surface area contributed by atoms with Gasteiger partial charge in [0.05, 0.1) is 27.8 Å². The Bertz CT molecular complexity index is 1400. The highest BCUT2D eigenvalue weighted by molar-refractivity contribution is 7.92. The number of carbonyl (C=O) groups excluding carboxylic acids is 1. The molecule has 1 amide bonds. The van der Waals surface area contributed by atoms with Crippen molar-refractivity contribution in [3.05, 3.63) is 106 Å². The van der Waals surface area contributed by atoms with E-state index in [1.54, 1.807) is 36.4 Å². The Morgan fingerprint density at radius 2 is 1.68 bits per heavy atom. The lowest BCUT2D eigenvalue weighted by Gasteiger charge is -2.23. The molecule has 3 aromatic carbocycles. The van der Waals surface area contributed by atoms with Gasteiger partial charge in [-0.25, -0.2) is 17.8 Å². The number of halogens is 1. The van der Waals surface area contributed by atoms with Crippen molar-refractivity contribution in [2.24, 2.45) is 0 Å². The number of nitrogens with zero attached hydrogens (tertiary/aromatic N) is 3. The lowest BCUT2D eigenvalue weighted by molar-refractivity contribution is 0.0984. The molecule has 4 aromatic rings. The Morgan fingerprint density at radius 1 is 0.971 bits per heavy atom. The minimum atomic E-state index is -3.90. The van der Waals surface area contributed by atoms with Crippen molar-refractivity contribution in [1.29, 1.82) is 0 Å². The molecular formula is C25H22FN3O3S2. The molecule has 0 atom stereocenters. The molecule has 0 spiro atoms. The van der Waals surface area contributed by atoms with Gasteiger partial charge in [-0.15, -0.1) is 11.3 Å². The van der Waals surface area contributed by atoms with Crippen molar-refractivity contribution in [2.45, 2.75) is 18.4 Å². The number of hydrogen-bond donors (Lipinski definition) is 0. The zero-order chi connectivity index (χ0) is 24.3. The summed E-state index contributed by atoms with van der Waals surface area (Å²) in [5, 5.41) is 2.72. The largest absolute Gasteiger partial charge is 0.302 e. The van der Waals surface area contributed by atoms with Crippen LogP contribution < -0.4 is 9.21 Å². The van der Waals surface area contributed by atoms with Crippen LogP contribution in [-0.2, 0) is 16.6 Å². The molecule has 4 rings (SSSR count). The molecule has 174 valence electrons. The molecule has 0 saturated carbocycles. The van der Waals surface area contributed by atoms with Crippen LogP contribution in [-0.4, -0.2) is 26.4 Å². The van der Waals surface area contributed by atoms with Crippen molar-refractivity contribution < 1.29 is 17.6 Å². The van der Waals surface area contributed by atoms with Crippen molar-refractivity contribution in [3.63, 3.8) is 0 Å². The number of thiazole rings is 1. The molecule has 0 unspecified atom stereocenters. The fraction of sp³-hybridized carbons (Fsp3) is 0.120. The maximum Gasteiger partial charge on any atom is 0.264 e. The van der Waals surface area contributed by atoms with E-state index in [-0.39, 0.29) is 17.0 Å². The molecule has 9 heteroatoms. The van der Waals surface area contributed by atoms with Crippen molar-refractivity contribution >= 4 is 38.6 Å². The summed E-state index contributed by atoms with van der Waals surface area (Å²) < 4.78 is 41.2. The highest BCUT2D eigenvalue weighted by Gasteiger charge is 2.25. The van der Waals surface area contributed by atoms with Gasteiger partial charge in [-0.2, -0.15) is 0 Å². The van der Waals surface area contributed by atoms with Gasteiger partial charge in [-0.3, -0.25) is 9.10 Å². The molecule has 34 heavy (non-hydrogen) atoms. The van der Waals surface area contributed by atoms with Gasteiger partial charge >= 0.3 is 0 Å². The topological polar surface area (TPSA) is 70.6 Å². The maximum absolute atomic E-state index is 13.6. The van der Waals surface area contributed by atoms with E-state index in [9.17, 15) is 17.6 Å². The number of sulfonamides is 1. The number of para-hydroxylation sites is 1. The van der Waals surface area contributed by atoms with E-state index in [0.717, 1.165) is 5.01 Å². The first-order chi connectivity index (χ1) is 16.3. The lowest BCUT2D eigenvalue weighted by Crippen LogP contribution is -2.31. The third-order valence-electron chi connectivity index (χ3n) is 5.23. The smallest absolute Gasteiger partial charge is 0.264 e. The zero-order valence-electron chi connectivity index (χ0n) is 18.6. The molecule has 0 N–H and O–H groups in total. The van der Waals surface area contributed by atoms with Gasteiger partial charge in [-0.1, -0.05) is 24.3 Å². The van der Waals surface area contributed by atoms with E-state index in [2.05, 4.69) is 4.98 Å². The molecule has 1 aromatic heterocycles. The number of benzene rings is 3. The second-order valence-electron chi connectivity index (χ2n) is 7.56. The normalized spacial score (nSPS) is 11.3. The number of carbonyl (C=O) groups is 1. The average Bonchev–Trinajstić information content (AvgIpc) is 3.27. The standard InChI is InChI=1S/C25H22FN3O3S2/c1-18-27-21(17-33-18)16-29(23-13-11-20(26)12-14-23)25(30)19-7-6-10-24(15-19)34(31,32)28(2)22-8-4-3-5-9-22/h3-15,17H,16H2,1-2H3. The Kier molecular flexibility index (Phi) is 6.76. The van der Waals surface area contributed by atoms with Crippen LogP contribution in [0.3, 0.4) is 0 Å². The minimum Gasteiger partial charge on any atom is -0.302 e. The molecule has 0 radical (unpaired) electrons. The Morgan fingerprint density at radius 3 is 2.32 bits per heavy atom. The van der Waals surface area contributed by atoms with Crippen LogP contribution in [0.5, 0.6) is 0 Å². The average molecular weight is 496 g/mol. The van der Waals surface area contributed by atoms with Crippen molar-refractivity contribution in [2.75, 3.05) is 16.3 Å². The van der Waals surface area contributed by atoms with Gasteiger partial charge in [0.25, 0.3) is 15.9 Å². The SMILES string of the molecule is Cc1nc(CN(C(=O)c2cccc(S(=O)(=O)N(C)c3ccccc3)c2)c2ccc(F)cc2)cs1. The van der Waals surface area contributed by atoms with Gasteiger partial charge < -0.3 is 4.90 Å². The summed E-state index contributed by atoms with van der Waals surface area (Å²) in [6.07, 6.45) is 0. The molecular weight excluding hydrogens is 473 g/mol. The summed E-state index contributed by atoms with van der Waals surface area (Å²) in [4.78, 5) is 19.4. The van der Waals surface area contributed by atoms with Gasteiger partial charge in [-0.05, 0) is 61.5 Å². The Balaban J connectivity index is 1.69. The fourth-order valence-corrected chi connectivity index (χ4v) is 5.27. The van der Waals surface area contributed by atoms with Crippen molar-refractivity contribution in [3.8, 4) is 0 Å². The second kappa shape index (κ2) is 9.74. The summed E-state index contributed by atoms with van der Waals surface area (Å²) in [7, 11) is -2.43. The first kappa shape index (κ1) is 23.6. The van der Waals surface area contributed by atoms with E-state index >= 15 is 0 Å². The van der Waals surface area contributed by atoms with E-state index in [0.29, 0.717) is 17.1 Å². The quantitative estimate of drug-likeness (QED) is 0.351. The number of aromatic nitrogens is 1. The molecule has 0 aliphatic carbocycles. The molecule has 0 saturated heterocycles. The van der Waals surface area contributed by atoms with E-state index in [4.69, 9.17) is 0 Å². The van der Waals surface area contributed by atoms with Crippen LogP contribution in [0.25, 0.3) is 0 Å². The molecule has 0 aliphatic heterocycles. The van der Waals surface area contributed by atoms with E-state index in [1.165, 1.54) is 70.1 Å². The number of aryl methyl sites for hydroxylation is 1. The maximum atomic E-state index is 13.6. The Labute approximate surface area is 202 Å². The third-order valence-corrected chi connectivity index (χ3v) is 7.83. The van der Waals surface area contributed by atoms with E-state index in [1.807, 2.05) is 12.3 Å². The lowest BCUT2D eigenvalue weighted by atomic mass is 10.1. The number of amides is 1. The van der Waals surface area contributed by atoms with Crippen LogP contribution in [0.4, 0.5) is 15.8 Å². The van der Waals surface area contributed by atoms with Crippen LogP contribution in [0.15, 0.2) is 89.1 Å². The first-order valence-electron chi connectivity index (χ1n) is 10.4.